The van der Waals surface area contributed by atoms with Gasteiger partial charge < -0.3 is 5.73 Å². The number of hydrogen-bond donors (Lipinski definition) is 1. The van der Waals surface area contributed by atoms with E-state index in [2.05, 4.69) is 13.2 Å². The minimum Gasteiger partial charge on any atom is -0.366 e. The van der Waals surface area contributed by atoms with Crippen LogP contribution in [-0.2, 0) is 14.6 Å². The van der Waals surface area contributed by atoms with E-state index >= 15 is 0 Å². The molecule has 1 amide bonds. The molecule has 0 bridgehead atoms. The highest BCUT2D eigenvalue weighted by Crippen LogP contribution is 1.97. The molecule has 0 spiro atoms. The van der Waals surface area contributed by atoms with Gasteiger partial charge in [-0.2, -0.15) is 0 Å². The molecule has 0 heterocycles. The molecule has 0 aliphatic heterocycles. The van der Waals surface area contributed by atoms with Crippen LogP contribution in [0.5, 0.6) is 0 Å². The fraction of sp³-hybridized carbons (Fsp3) is 0.444. The largest absolute Gasteiger partial charge is 0.366 e. The zero-order valence-electron chi connectivity index (χ0n) is 7.84. The van der Waals surface area contributed by atoms with Gasteiger partial charge in [0.2, 0.25) is 5.91 Å². The molecule has 0 radical (unpaired) electrons. The van der Waals surface area contributed by atoms with Crippen molar-refractivity contribution >= 4 is 5.91 Å². The van der Waals surface area contributed by atoms with E-state index in [1.165, 1.54) is 0 Å². The van der Waals surface area contributed by atoms with Gasteiger partial charge in [0.15, 0.2) is 0 Å². The van der Waals surface area contributed by atoms with Crippen molar-refractivity contribution in [3.05, 3.63) is 24.3 Å². The molecule has 0 saturated carbocycles. The molecular weight excluding hydrogens is 170 g/mol. The summed E-state index contributed by atoms with van der Waals surface area (Å²) in [4.78, 5) is 20.0. The molecule has 0 aliphatic rings. The lowest BCUT2D eigenvalue weighted by molar-refractivity contribution is -0.287. The van der Waals surface area contributed by atoms with Crippen molar-refractivity contribution in [1.82, 2.24) is 0 Å². The van der Waals surface area contributed by atoms with E-state index in [4.69, 9.17) is 15.5 Å². The van der Waals surface area contributed by atoms with Crippen LogP contribution in [0.15, 0.2) is 24.3 Å². The Morgan fingerprint density at radius 3 is 2.46 bits per heavy atom. The van der Waals surface area contributed by atoms with E-state index in [0.29, 0.717) is 18.6 Å². The van der Waals surface area contributed by atoms with Crippen LogP contribution < -0.4 is 5.73 Å². The van der Waals surface area contributed by atoms with Crippen LogP contribution in [0.1, 0.15) is 13.3 Å². The van der Waals surface area contributed by atoms with Crippen LogP contribution in [0.25, 0.3) is 0 Å². The van der Waals surface area contributed by atoms with E-state index in [1.807, 2.05) is 6.92 Å². The van der Waals surface area contributed by atoms with Gasteiger partial charge in [-0.3, -0.25) is 4.79 Å². The average molecular weight is 185 g/mol. The van der Waals surface area contributed by atoms with Gasteiger partial charge in [-0.25, -0.2) is 9.78 Å². The van der Waals surface area contributed by atoms with Crippen LogP contribution in [-0.4, -0.2) is 19.1 Å². The maximum absolute atomic E-state index is 10.5. The first-order valence-electron chi connectivity index (χ1n) is 3.90. The lowest BCUT2D eigenvalue weighted by Crippen LogP contribution is -2.14. The summed E-state index contributed by atoms with van der Waals surface area (Å²) in [5, 5.41) is 0. The minimum absolute atomic E-state index is 0.273. The molecule has 4 heteroatoms. The van der Waals surface area contributed by atoms with Gasteiger partial charge in [0, 0.05) is 12.0 Å². The van der Waals surface area contributed by atoms with Crippen LogP contribution in [0, 0.1) is 0 Å². The first-order chi connectivity index (χ1) is 6.04. The first-order valence-corrected chi connectivity index (χ1v) is 3.90. The SMILES string of the molecule is C=C(C)COOCCC(=C)C(N)=O. The van der Waals surface area contributed by atoms with Crippen molar-refractivity contribution in [2.45, 2.75) is 13.3 Å². The lowest BCUT2D eigenvalue weighted by atomic mass is 10.2. The van der Waals surface area contributed by atoms with E-state index in [1.54, 1.807) is 0 Å². The summed E-state index contributed by atoms with van der Waals surface area (Å²) in [7, 11) is 0. The third-order valence-corrected chi connectivity index (χ3v) is 1.22. The fourth-order valence-electron chi connectivity index (χ4n) is 0.489. The molecule has 0 aromatic heterocycles. The van der Waals surface area contributed by atoms with Crippen molar-refractivity contribution in [2.75, 3.05) is 13.2 Å². The zero-order valence-corrected chi connectivity index (χ0v) is 7.84. The Morgan fingerprint density at radius 1 is 1.38 bits per heavy atom. The molecule has 74 valence electrons. The van der Waals surface area contributed by atoms with Crippen LogP contribution in [0.3, 0.4) is 0 Å². The van der Waals surface area contributed by atoms with Crippen molar-refractivity contribution in [1.29, 1.82) is 0 Å². The number of nitrogens with two attached hydrogens (primary N) is 1. The van der Waals surface area contributed by atoms with Crippen LogP contribution >= 0.6 is 0 Å². The molecule has 0 atom stereocenters. The van der Waals surface area contributed by atoms with Crippen LogP contribution in [0.4, 0.5) is 0 Å². The lowest BCUT2D eigenvalue weighted by Gasteiger charge is -2.03. The number of primary amides is 1. The zero-order chi connectivity index (χ0) is 10.3. The molecule has 0 unspecified atom stereocenters. The molecular formula is C9H15NO3. The smallest absolute Gasteiger partial charge is 0.244 e. The third kappa shape index (κ3) is 7.24. The molecule has 2 N–H and O–H groups in total. The molecule has 0 saturated heterocycles. The predicted octanol–water partition coefficient (Wildman–Crippen LogP) is 0.942. The Labute approximate surface area is 77.9 Å². The van der Waals surface area contributed by atoms with Gasteiger partial charge in [0.05, 0.1) is 6.61 Å². The monoisotopic (exact) mass is 185 g/mol. The van der Waals surface area contributed by atoms with Gasteiger partial charge in [-0.15, -0.1) is 0 Å². The van der Waals surface area contributed by atoms with Crippen molar-refractivity contribution in [3.63, 3.8) is 0 Å². The number of rotatable bonds is 7. The quantitative estimate of drug-likeness (QED) is 0.211. The number of hydrogen-bond acceptors (Lipinski definition) is 3. The Hall–Kier alpha value is -1.13. The van der Waals surface area contributed by atoms with E-state index in [-0.39, 0.29) is 6.61 Å². The number of amides is 1. The standard InChI is InChI=1S/C9H15NO3/c1-7(2)6-13-12-5-4-8(3)9(10)11/h1,3-6H2,2H3,(H2,10,11). The molecule has 0 aromatic rings. The minimum atomic E-state index is -0.511. The Balaban J connectivity index is 3.31. The van der Waals surface area contributed by atoms with Gasteiger partial charge >= 0.3 is 0 Å². The second-order valence-corrected chi connectivity index (χ2v) is 2.76. The highest BCUT2D eigenvalue weighted by Gasteiger charge is 2.00. The van der Waals surface area contributed by atoms with Gasteiger partial charge in [-0.05, 0) is 6.92 Å². The molecule has 13 heavy (non-hydrogen) atoms. The summed E-state index contributed by atoms with van der Waals surface area (Å²) in [6, 6.07) is 0. The maximum atomic E-state index is 10.5. The number of carbonyl (C=O) groups is 1. The summed E-state index contributed by atoms with van der Waals surface area (Å²) in [5.74, 6) is -0.511. The van der Waals surface area contributed by atoms with Crippen molar-refractivity contribution < 1.29 is 14.6 Å². The average Bonchev–Trinajstić information content (AvgIpc) is 2.02. The second kappa shape index (κ2) is 6.39. The maximum Gasteiger partial charge on any atom is 0.244 e. The second-order valence-electron chi connectivity index (χ2n) is 2.76. The van der Waals surface area contributed by atoms with Gasteiger partial charge in [-0.1, -0.05) is 18.7 Å². The fourth-order valence-corrected chi connectivity index (χ4v) is 0.489. The third-order valence-electron chi connectivity index (χ3n) is 1.22. The van der Waals surface area contributed by atoms with E-state index < -0.39 is 5.91 Å². The Morgan fingerprint density at radius 2 is 2.00 bits per heavy atom. The van der Waals surface area contributed by atoms with Gasteiger partial charge in [0.25, 0.3) is 0 Å². The topological polar surface area (TPSA) is 61.6 Å². The molecule has 0 rings (SSSR count). The number of carbonyl (C=O) groups excluding carboxylic acids is 1. The van der Waals surface area contributed by atoms with Crippen molar-refractivity contribution in [2.24, 2.45) is 5.73 Å². The first kappa shape index (κ1) is 11.9. The Bertz CT molecular complexity index is 211. The Kier molecular flexibility index (Phi) is 5.84. The predicted molar refractivity (Wildman–Crippen MR) is 49.7 cm³/mol. The normalized spacial score (nSPS) is 9.62. The highest BCUT2D eigenvalue weighted by atomic mass is 17.2. The molecule has 4 nitrogen and oxygen atoms in total. The van der Waals surface area contributed by atoms with E-state index in [0.717, 1.165) is 5.57 Å². The summed E-state index contributed by atoms with van der Waals surface area (Å²) < 4.78 is 0. The molecule has 0 aromatic carbocycles. The summed E-state index contributed by atoms with van der Waals surface area (Å²) in [5.41, 5.74) is 6.15. The van der Waals surface area contributed by atoms with E-state index in [9.17, 15) is 4.79 Å². The molecule has 0 fully saturated rings. The summed E-state index contributed by atoms with van der Waals surface area (Å²) in [6.45, 7) is 9.53. The molecule has 0 aliphatic carbocycles. The van der Waals surface area contributed by atoms with Gasteiger partial charge in [0.1, 0.15) is 6.61 Å². The van der Waals surface area contributed by atoms with Crippen LogP contribution in [0.2, 0.25) is 0 Å². The summed E-state index contributed by atoms with van der Waals surface area (Å²) >= 11 is 0. The highest BCUT2D eigenvalue weighted by molar-refractivity contribution is 5.91. The summed E-state index contributed by atoms with van der Waals surface area (Å²) in [6.07, 6.45) is 0.380. The van der Waals surface area contributed by atoms with Crippen molar-refractivity contribution in [3.8, 4) is 0 Å².